The molecule has 0 atom stereocenters. The molecule has 4 aliphatic carbocycles. The number of benzene rings is 1. The summed E-state index contributed by atoms with van der Waals surface area (Å²) in [6.07, 6.45) is 7.84. The topological polar surface area (TPSA) is 136 Å². The second kappa shape index (κ2) is 7.14. The molecule has 1 aromatic carbocycles. The van der Waals surface area contributed by atoms with Gasteiger partial charge in [-0.3, -0.25) is 29.6 Å². The van der Waals surface area contributed by atoms with Crippen molar-refractivity contribution < 1.29 is 14.5 Å². The molecule has 162 valence electrons. The summed E-state index contributed by atoms with van der Waals surface area (Å²) in [5.41, 5.74) is -0.736. The van der Waals surface area contributed by atoms with Crippen molar-refractivity contribution in [3.63, 3.8) is 0 Å². The van der Waals surface area contributed by atoms with E-state index in [9.17, 15) is 24.5 Å². The van der Waals surface area contributed by atoms with E-state index >= 15 is 0 Å². The molecule has 0 unspecified atom stereocenters. The van der Waals surface area contributed by atoms with Gasteiger partial charge in [0.05, 0.1) is 22.2 Å². The van der Waals surface area contributed by atoms with Crippen LogP contribution in [0.15, 0.2) is 29.3 Å². The Balaban J connectivity index is 1.27. The number of nitro groups is 1. The van der Waals surface area contributed by atoms with Crippen LogP contribution in [0.3, 0.4) is 0 Å². The summed E-state index contributed by atoms with van der Waals surface area (Å²) in [6, 6.07) is 3.25. The Morgan fingerprint density at radius 1 is 1.16 bits per heavy atom. The molecule has 0 spiro atoms. The van der Waals surface area contributed by atoms with E-state index in [1.165, 1.54) is 37.7 Å². The van der Waals surface area contributed by atoms with Gasteiger partial charge in [-0.15, -0.1) is 0 Å². The van der Waals surface area contributed by atoms with Crippen LogP contribution in [0.5, 0.6) is 0 Å². The number of aromatic nitrogens is 2. The van der Waals surface area contributed by atoms with Crippen LogP contribution in [0.1, 0.15) is 38.5 Å². The first kappa shape index (κ1) is 19.7. The number of hydrogen-bond acceptors (Lipinski definition) is 6. The predicted octanol–water partition coefficient (Wildman–Crippen LogP) is 2.10. The highest BCUT2D eigenvalue weighted by Crippen LogP contribution is 2.55. The van der Waals surface area contributed by atoms with E-state index in [2.05, 4.69) is 15.6 Å². The van der Waals surface area contributed by atoms with E-state index in [0.29, 0.717) is 23.3 Å². The van der Waals surface area contributed by atoms with Gasteiger partial charge in [-0.05, 0) is 62.3 Å². The fraction of sp³-hybridized carbons (Fsp3) is 0.524. The molecular weight excluding hydrogens is 402 g/mol. The van der Waals surface area contributed by atoms with Crippen molar-refractivity contribution in [1.29, 1.82) is 0 Å². The van der Waals surface area contributed by atoms with Crippen molar-refractivity contribution in [3.8, 4) is 0 Å². The molecule has 6 rings (SSSR count). The summed E-state index contributed by atoms with van der Waals surface area (Å²) >= 11 is 0. The van der Waals surface area contributed by atoms with Crippen molar-refractivity contribution in [2.24, 2.45) is 17.8 Å². The average Bonchev–Trinajstić information content (AvgIpc) is 2.68. The average molecular weight is 425 g/mol. The highest BCUT2D eigenvalue weighted by Gasteiger charge is 2.51. The van der Waals surface area contributed by atoms with E-state index in [1.807, 2.05) is 0 Å². The molecule has 3 amide bonds. The summed E-state index contributed by atoms with van der Waals surface area (Å²) in [5.74, 6) is 1.34. The maximum absolute atomic E-state index is 12.6. The van der Waals surface area contributed by atoms with Gasteiger partial charge in [0.15, 0.2) is 0 Å². The summed E-state index contributed by atoms with van der Waals surface area (Å²) < 4.78 is 1.04. The van der Waals surface area contributed by atoms with Gasteiger partial charge in [-0.1, -0.05) is 0 Å². The number of hydrogen-bond donors (Lipinski definition) is 2. The number of carbonyl (C=O) groups is 2. The Morgan fingerprint density at radius 3 is 2.42 bits per heavy atom. The highest BCUT2D eigenvalue weighted by molar-refractivity contribution is 5.94. The summed E-state index contributed by atoms with van der Waals surface area (Å²) in [4.78, 5) is 52.0. The number of nitrogens with zero attached hydrogens (tertiary/aromatic N) is 3. The number of carbonyl (C=O) groups excluding carboxylic acids is 2. The fourth-order valence-corrected chi connectivity index (χ4v) is 6.23. The number of non-ortho nitro benzene ring substituents is 1. The molecule has 0 radical (unpaired) electrons. The number of nitro benzene ring substituents is 1. The fourth-order valence-electron chi connectivity index (χ4n) is 6.23. The SMILES string of the molecule is O=C(Cn1cnc2ccc([N+](=O)[O-])cc2c1=O)NC(=O)NC12CC3CC(CC(C3)C1)C2. The lowest BCUT2D eigenvalue weighted by Gasteiger charge is -2.56. The van der Waals surface area contributed by atoms with E-state index in [0.717, 1.165) is 29.9 Å². The van der Waals surface area contributed by atoms with Gasteiger partial charge in [0, 0.05) is 17.7 Å². The molecule has 0 saturated heterocycles. The minimum atomic E-state index is -0.643. The van der Waals surface area contributed by atoms with Gasteiger partial charge in [0.2, 0.25) is 5.91 Å². The van der Waals surface area contributed by atoms with Gasteiger partial charge in [-0.2, -0.15) is 0 Å². The smallest absolute Gasteiger partial charge is 0.321 e. The maximum Gasteiger partial charge on any atom is 0.321 e. The van der Waals surface area contributed by atoms with E-state index < -0.39 is 29.0 Å². The van der Waals surface area contributed by atoms with Gasteiger partial charge in [0.25, 0.3) is 11.2 Å². The molecule has 10 heteroatoms. The lowest BCUT2D eigenvalue weighted by molar-refractivity contribution is -0.384. The van der Waals surface area contributed by atoms with Crippen molar-refractivity contribution in [2.75, 3.05) is 0 Å². The lowest BCUT2D eigenvalue weighted by Crippen LogP contribution is -2.62. The van der Waals surface area contributed by atoms with Gasteiger partial charge >= 0.3 is 6.03 Å². The van der Waals surface area contributed by atoms with Crippen LogP contribution in [0, 0.1) is 27.9 Å². The Morgan fingerprint density at radius 2 is 1.81 bits per heavy atom. The van der Waals surface area contributed by atoms with E-state index in [-0.39, 0.29) is 16.6 Å². The zero-order chi connectivity index (χ0) is 21.8. The molecule has 2 N–H and O–H groups in total. The van der Waals surface area contributed by atoms with Crippen LogP contribution in [-0.4, -0.2) is 32.0 Å². The molecule has 4 saturated carbocycles. The lowest BCUT2D eigenvalue weighted by atomic mass is 9.53. The molecule has 2 aromatic rings. The molecule has 4 bridgehead atoms. The zero-order valence-corrected chi connectivity index (χ0v) is 16.9. The quantitative estimate of drug-likeness (QED) is 0.569. The normalized spacial score (nSPS) is 28.5. The third-order valence-corrected chi connectivity index (χ3v) is 7.00. The molecule has 31 heavy (non-hydrogen) atoms. The molecule has 4 aliphatic rings. The van der Waals surface area contributed by atoms with Crippen LogP contribution < -0.4 is 16.2 Å². The predicted molar refractivity (Wildman–Crippen MR) is 110 cm³/mol. The minimum Gasteiger partial charge on any atom is -0.332 e. The number of imide groups is 1. The first-order chi connectivity index (χ1) is 14.8. The van der Waals surface area contributed by atoms with Crippen molar-refractivity contribution in [1.82, 2.24) is 20.2 Å². The van der Waals surface area contributed by atoms with Crippen molar-refractivity contribution >= 4 is 28.5 Å². The highest BCUT2D eigenvalue weighted by atomic mass is 16.6. The number of amides is 3. The third kappa shape index (κ3) is 3.66. The molecule has 1 heterocycles. The summed E-state index contributed by atoms with van der Waals surface area (Å²) in [7, 11) is 0. The number of nitrogens with one attached hydrogen (secondary N) is 2. The van der Waals surface area contributed by atoms with Crippen LogP contribution >= 0.6 is 0 Å². The Bertz CT molecular complexity index is 1120. The standard InChI is InChI=1S/C21H23N5O5/c27-18(10-25-11-22-17-2-1-15(26(30)31)6-16(17)19(25)28)23-20(29)24-21-7-12-3-13(8-21)5-14(4-12)9-21/h1-2,6,11-14H,3-5,7-10H2,(H2,23,24,27,29). The van der Waals surface area contributed by atoms with Gasteiger partial charge in [0.1, 0.15) is 6.54 Å². The Kier molecular flexibility index (Phi) is 4.53. The first-order valence-corrected chi connectivity index (χ1v) is 10.6. The largest absolute Gasteiger partial charge is 0.332 e. The summed E-state index contributed by atoms with van der Waals surface area (Å²) in [6.45, 7) is -0.404. The molecule has 4 fully saturated rings. The van der Waals surface area contributed by atoms with E-state index in [4.69, 9.17) is 0 Å². The summed E-state index contributed by atoms with van der Waals surface area (Å²) in [5, 5.41) is 16.4. The van der Waals surface area contributed by atoms with Crippen LogP contribution in [0.25, 0.3) is 10.9 Å². The second-order valence-corrected chi connectivity index (χ2v) is 9.34. The van der Waals surface area contributed by atoms with Crippen molar-refractivity contribution in [3.05, 3.63) is 45.0 Å². The zero-order valence-electron chi connectivity index (χ0n) is 16.9. The monoisotopic (exact) mass is 425 g/mol. The van der Waals surface area contributed by atoms with Crippen molar-refractivity contribution in [2.45, 2.75) is 50.6 Å². The van der Waals surface area contributed by atoms with Crippen LogP contribution in [-0.2, 0) is 11.3 Å². The van der Waals surface area contributed by atoms with E-state index in [1.54, 1.807) is 0 Å². The van der Waals surface area contributed by atoms with Gasteiger partial charge < -0.3 is 5.32 Å². The molecule has 1 aromatic heterocycles. The maximum atomic E-state index is 12.6. The first-order valence-electron chi connectivity index (χ1n) is 10.6. The van der Waals surface area contributed by atoms with Crippen LogP contribution in [0.4, 0.5) is 10.5 Å². The Hall–Kier alpha value is -3.30. The number of fused-ring (bicyclic) bond motifs is 1. The second-order valence-electron chi connectivity index (χ2n) is 9.34. The Labute approximate surface area is 177 Å². The molecule has 10 nitrogen and oxygen atoms in total. The van der Waals surface area contributed by atoms with Gasteiger partial charge in [-0.25, -0.2) is 9.78 Å². The minimum absolute atomic E-state index is 0.0440. The van der Waals surface area contributed by atoms with Crippen LogP contribution in [0.2, 0.25) is 0 Å². The third-order valence-electron chi connectivity index (χ3n) is 7.00. The molecule has 0 aliphatic heterocycles. The number of urea groups is 1. The molecular formula is C21H23N5O5. The number of rotatable bonds is 4.